The van der Waals surface area contributed by atoms with Crippen LogP contribution in [0.2, 0.25) is 0 Å². The maximum Gasteiger partial charge on any atom is 0.306 e. The average molecular weight is 333 g/mol. The molecule has 0 aliphatic heterocycles. The van der Waals surface area contributed by atoms with Crippen molar-refractivity contribution in [2.24, 2.45) is 0 Å². The summed E-state index contributed by atoms with van der Waals surface area (Å²) in [7, 11) is 0. The molecule has 0 aliphatic carbocycles. The van der Waals surface area contributed by atoms with E-state index in [0.29, 0.717) is 0 Å². The van der Waals surface area contributed by atoms with Gasteiger partial charge in [0.2, 0.25) is 5.91 Å². The SMILES string of the molecule is O=C(CCC(=O)OCc1cccc2ccccc12)Nc1ccccc1. The molecule has 0 saturated carbocycles. The summed E-state index contributed by atoms with van der Waals surface area (Å²) in [6.45, 7) is 0.209. The second-order valence-corrected chi connectivity index (χ2v) is 5.71. The van der Waals surface area contributed by atoms with Crippen LogP contribution in [0.25, 0.3) is 10.8 Å². The van der Waals surface area contributed by atoms with Crippen LogP contribution in [0.4, 0.5) is 5.69 Å². The first-order valence-corrected chi connectivity index (χ1v) is 8.19. The van der Waals surface area contributed by atoms with Gasteiger partial charge in [0.15, 0.2) is 0 Å². The molecule has 0 heterocycles. The molecule has 0 atom stereocenters. The van der Waals surface area contributed by atoms with Crippen molar-refractivity contribution in [3.05, 3.63) is 78.4 Å². The van der Waals surface area contributed by atoms with E-state index < -0.39 is 0 Å². The Morgan fingerprint density at radius 1 is 0.800 bits per heavy atom. The molecule has 0 bridgehead atoms. The standard InChI is InChI=1S/C21H19NO3/c23-20(22-18-10-2-1-3-11-18)13-14-21(24)25-15-17-9-6-8-16-7-4-5-12-19(16)17/h1-12H,13-15H2,(H,22,23). The molecule has 4 heteroatoms. The van der Waals surface area contributed by atoms with Crippen LogP contribution in [-0.2, 0) is 20.9 Å². The van der Waals surface area contributed by atoms with E-state index in [1.807, 2.05) is 60.7 Å². The number of anilines is 1. The number of ether oxygens (including phenoxy) is 1. The van der Waals surface area contributed by atoms with Crippen LogP contribution in [-0.4, -0.2) is 11.9 Å². The van der Waals surface area contributed by atoms with Gasteiger partial charge in [-0.05, 0) is 28.5 Å². The van der Waals surface area contributed by atoms with Gasteiger partial charge < -0.3 is 10.1 Å². The molecule has 0 saturated heterocycles. The zero-order valence-electron chi connectivity index (χ0n) is 13.8. The Bertz CT molecular complexity index is 869. The molecule has 0 unspecified atom stereocenters. The number of fused-ring (bicyclic) bond motifs is 1. The highest BCUT2D eigenvalue weighted by molar-refractivity contribution is 5.92. The number of esters is 1. The third-order valence-corrected chi connectivity index (χ3v) is 3.88. The number of amides is 1. The van der Waals surface area contributed by atoms with E-state index in [1.54, 1.807) is 12.1 Å². The van der Waals surface area contributed by atoms with Gasteiger partial charge in [-0.25, -0.2) is 0 Å². The molecule has 0 spiro atoms. The summed E-state index contributed by atoms with van der Waals surface area (Å²) >= 11 is 0. The molecular formula is C21H19NO3. The van der Waals surface area contributed by atoms with Gasteiger partial charge in [0.25, 0.3) is 0 Å². The Balaban J connectivity index is 1.49. The van der Waals surface area contributed by atoms with Gasteiger partial charge in [-0.15, -0.1) is 0 Å². The van der Waals surface area contributed by atoms with Gasteiger partial charge in [0.1, 0.15) is 6.61 Å². The fourth-order valence-corrected chi connectivity index (χ4v) is 2.61. The summed E-state index contributed by atoms with van der Waals surface area (Å²) in [6.07, 6.45) is 0.159. The van der Waals surface area contributed by atoms with Crippen molar-refractivity contribution in [2.75, 3.05) is 5.32 Å². The minimum absolute atomic E-state index is 0.0590. The topological polar surface area (TPSA) is 55.4 Å². The number of hydrogen-bond donors (Lipinski definition) is 1. The number of benzene rings is 3. The lowest BCUT2D eigenvalue weighted by Gasteiger charge is -2.08. The van der Waals surface area contributed by atoms with Crippen LogP contribution < -0.4 is 5.32 Å². The normalized spacial score (nSPS) is 10.4. The van der Waals surface area contributed by atoms with Crippen LogP contribution in [0.1, 0.15) is 18.4 Å². The van der Waals surface area contributed by atoms with Crippen LogP contribution in [0.5, 0.6) is 0 Å². The minimum Gasteiger partial charge on any atom is -0.461 e. The Kier molecular flexibility index (Phi) is 5.42. The smallest absolute Gasteiger partial charge is 0.306 e. The van der Waals surface area contributed by atoms with Crippen LogP contribution >= 0.6 is 0 Å². The predicted octanol–water partition coefficient (Wildman–Crippen LogP) is 4.30. The number of carbonyl (C=O) groups is 2. The van der Waals surface area contributed by atoms with Crippen LogP contribution in [0, 0.1) is 0 Å². The first-order chi connectivity index (χ1) is 12.2. The molecule has 0 radical (unpaired) electrons. The largest absolute Gasteiger partial charge is 0.461 e. The van der Waals surface area contributed by atoms with Crippen molar-refractivity contribution in [3.63, 3.8) is 0 Å². The van der Waals surface area contributed by atoms with Crippen molar-refractivity contribution < 1.29 is 14.3 Å². The summed E-state index contributed by atoms with van der Waals surface area (Å²) < 4.78 is 5.32. The van der Waals surface area contributed by atoms with E-state index in [-0.39, 0.29) is 31.3 Å². The highest BCUT2D eigenvalue weighted by Gasteiger charge is 2.09. The van der Waals surface area contributed by atoms with E-state index in [9.17, 15) is 9.59 Å². The molecule has 3 rings (SSSR count). The van der Waals surface area contributed by atoms with Crippen molar-refractivity contribution in [3.8, 4) is 0 Å². The van der Waals surface area contributed by atoms with Gasteiger partial charge in [0, 0.05) is 12.1 Å². The molecule has 126 valence electrons. The van der Waals surface area contributed by atoms with Crippen LogP contribution in [0.3, 0.4) is 0 Å². The summed E-state index contributed by atoms with van der Waals surface area (Å²) in [5, 5.41) is 4.93. The molecule has 0 aliphatic rings. The maximum atomic E-state index is 11.9. The highest BCUT2D eigenvalue weighted by Crippen LogP contribution is 2.19. The van der Waals surface area contributed by atoms with E-state index in [0.717, 1.165) is 22.0 Å². The molecular weight excluding hydrogens is 314 g/mol. The summed E-state index contributed by atoms with van der Waals surface area (Å²) in [5.41, 5.74) is 1.68. The predicted molar refractivity (Wildman–Crippen MR) is 98.0 cm³/mol. The van der Waals surface area contributed by atoms with E-state index in [2.05, 4.69) is 5.32 Å². The number of rotatable bonds is 6. The Hall–Kier alpha value is -3.14. The fraction of sp³-hybridized carbons (Fsp3) is 0.143. The molecule has 0 aromatic heterocycles. The van der Waals surface area contributed by atoms with E-state index in [1.165, 1.54) is 0 Å². The maximum absolute atomic E-state index is 11.9. The minimum atomic E-state index is -0.379. The molecule has 1 amide bonds. The van der Waals surface area contributed by atoms with Gasteiger partial charge >= 0.3 is 5.97 Å². The van der Waals surface area contributed by atoms with Crippen LogP contribution in [0.15, 0.2) is 72.8 Å². The zero-order chi connectivity index (χ0) is 17.5. The molecule has 0 fully saturated rings. The van der Waals surface area contributed by atoms with Gasteiger partial charge in [-0.2, -0.15) is 0 Å². The van der Waals surface area contributed by atoms with E-state index >= 15 is 0 Å². The summed E-state index contributed by atoms with van der Waals surface area (Å²) in [6, 6.07) is 23.0. The zero-order valence-corrected chi connectivity index (χ0v) is 13.8. The molecule has 25 heavy (non-hydrogen) atoms. The quantitative estimate of drug-likeness (QED) is 0.684. The number of nitrogens with one attached hydrogen (secondary N) is 1. The van der Waals surface area contributed by atoms with Gasteiger partial charge in [0.05, 0.1) is 6.42 Å². The highest BCUT2D eigenvalue weighted by atomic mass is 16.5. The second-order valence-electron chi connectivity index (χ2n) is 5.71. The third-order valence-electron chi connectivity index (χ3n) is 3.88. The number of carbonyl (C=O) groups excluding carboxylic acids is 2. The lowest BCUT2D eigenvalue weighted by Crippen LogP contribution is -2.14. The number of para-hydroxylation sites is 1. The van der Waals surface area contributed by atoms with Crippen molar-refractivity contribution >= 4 is 28.3 Å². The Labute approximate surface area is 146 Å². The second kappa shape index (κ2) is 8.11. The molecule has 3 aromatic carbocycles. The Morgan fingerprint density at radius 3 is 2.36 bits per heavy atom. The first kappa shape index (κ1) is 16.7. The van der Waals surface area contributed by atoms with Crippen molar-refractivity contribution in [1.29, 1.82) is 0 Å². The number of hydrogen-bond acceptors (Lipinski definition) is 3. The van der Waals surface area contributed by atoms with Crippen molar-refractivity contribution in [1.82, 2.24) is 0 Å². The first-order valence-electron chi connectivity index (χ1n) is 8.19. The Morgan fingerprint density at radius 2 is 1.52 bits per heavy atom. The average Bonchev–Trinajstić information content (AvgIpc) is 2.65. The monoisotopic (exact) mass is 333 g/mol. The molecule has 4 nitrogen and oxygen atoms in total. The molecule has 1 N–H and O–H groups in total. The lowest BCUT2D eigenvalue weighted by atomic mass is 10.1. The van der Waals surface area contributed by atoms with Gasteiger partial charge in [-0.1, -0.05) is 60.7 Å². The molecule has 3 aromatic rings. The lowest BCUT2D eigenvalue weighted by molar-refractivity contribution is -0.145. The van der Waals surface area contributed by atoms with Crippen molar-refractivity contribution in [2.45, 2.75) is 19.4 Å². The third kappa shape index (κ3) is 4.67. The van der Waals surface area contributed by atoms with E-state index in [4.69, 9.17) is 4.74 Å². The summed E-state index contributed by atoms with van der Waals surface area (Å²) in [5.74, 6) is -0.579. The van der Waals surface area contributed by atoms with Gasteiger partial charge in [-0.3, -0.25) is 9.59 Å². The summed E-state index contributed by atoms with van der Waals surface area (Å²) in [4.78, 5) is 23.8. The fourth-order valence-electron chi connectivity index (χ4n) is 2.61.